The fourth-order valence-electron chi connectivity index (χ4n) is 3.71. The summed E-state index contributed by atoms with van der Waals surface area (Å²) in [7, 11) is 0. The number of carbonyl (C=O) groups excluding carboxylic acids is 2. The Balaban J connectivity index is 1.53. The molecule has 0 amide bonds. The normalized spacial score (nSPS) is 20.4. The molecule has 0 bridgehead atoms. The van der Waals surface area contributed by atoms with E-state index in [1.165, 1.54) is 0 Å². The van der Waals surface area contributed by atoms with E-state index in [4.69, 9.17) is 4.74 Å². The van der Waals surface area contributed by atoms with E-state index in [9.17, 15) is 9.59 Å². The smallest absolute Gasteiger partial charge is 0.307 e. The first-order chi connectivity index (χ1) is 13.7. The molecule has 3 aromatic carbocycles. The number of Topliss-reactive ketones (excluding diaryl/α,β-unsaturated/α-hetero) is 1. The Hall–Kier alpha value is -3.20. The summed E-state index contributed by atoms with van der Waals surface area (Å²) in [5.74, 6) is -0.538. The third-order valence-electron chi connectivity index (χ3n) is 5.29. The van der Waals surface area contributed by atoms with Gasteiger partial charge in [-0.1, -0.05) is 91.0 Å². The van der Waals surface area contributed by atoms with Gasteiger partial charge in [-0.25, -0.2) is 0 Å². The van der Waals surface area contributed by atoms with Gasteiger partial charge in [-0.05, 0) is 17.5 Å². The van der Waals surface area contributed by atoms with E-state index >= 15 is 0 Å². The second-order valence-corrected chi connectivity index (χ2v) is 7.21. The average molecular weight is 370 g/mol. The highest BCUT2D eigenvalue weighted by molar-refractivity contribution is 6.06. The van der Waals surface area contributed by atoms with Gasteiger partial charge in [0, 0.05) is 24.3 Å². The van der Waals surface area contributed by atoms with Crippen molar-refractivity contribution in [2.24, 2.45) is 0 Å². The van der Waals surface area contributed by atoms with Crippen molar-refractivity contribution in [3.05, 3.63) is 108 Å². The van der Waals surface area contributed by atoms with Crippen LogP contribution in [0.15, 0.2) is 91.0 Å². The second kappa shape index (κ2) is 7.81. The summed E-state index contributed by atoms with van der Waals surface area (Å²) in [6.45, 7) is 0. The molecule has 3 nitrogen and oxygen atoms in total. The molecule has 0 heterocycles. The molecule has 0 aliphatic heterocycles. The van der Waals surface area contributed by atoms with Crippen LogP contribution in [0.4, 0.5) is 0 Å². The predicted molar refractivity (Wildman–Crippen MR) is 108 cm³/mol. The average Bonchev–Trinajstić information content (AvgIpc) is 3.49. The molecule has 1 saturated carbocycles. The summed E-state index contributed by atoms with van der Waals surface area (Å²) in [6, 6.07) is 28.7. The number of rotatable bonds is 7. The fourth-order valence-corrected chi connectivity index (χ4v) is 3.71. The summed E-state index contributed by atoms with van der Waals surface area (Å²) in [6.07, 6.45) is 1.39. The fraction of sp³-hybridized carbons (Fsp3) is 0.200. The number of esters is 1. The van der Waals surface area contributed by atoms with Gasteiger partial charge in [0.1, 0.15) is 0 Å². The topological polar surface area (TPSA) is 43.4 Å². The molecule has 1 aliphatic rings. The molecule has 3 aromatic rings. The van der Waals surface area contributed by atoms with Crippen molar-refractivity contribution in [1.82, 2.24) is 0 Å². The predicted octanol–water partition coefficient (Wildman–Crippen LogP) is 4.97. The summed E-state index contributed by atoms with van der Waals surface area (Å²) >= 11 is 0. The first-order valence-electron chi connectivity index (χ1n) is 9.59. The van der Waals surface area contributed by atoms with Crippen molar-refractivity contribution >= 4 is 11.8 Å². The monoisotopic (exact) mass is 370 g/mol. The van der Waals surface area contributed by atoms with Gasteiger partial charge in [-0.15, -0.1) is 0 Å². The molecular weight excluding hydrogens is 348 g/mol. The van der Waals surface area contributed by atoms with Crippen molar-refractivity contribution in [3.8, 4) is 0 Å². The molecule has 0 radical (unpaired) electrons. The zero-order valence-electron chi connectivity index (χ0n) is 15.6. The highest BCUT2D eigenvalue weighted by Gasteiger charge is 2.64. The molecule has 1 fully saturated rings. The van der Waals surface area contributed by atoms with Crippen LogP contribution in [-0.2, 0) is 16.0 Å². The lowest BCUT2D eigenvalue weighted by atomic mass is 9.99. The van der Waals surface area contributed by atoms with Crippen molar-refractivity contribution < 1.29 is 14.3 Å². The Morgan fingerprint density at radius 2 is 1.39 bits per heavy atom. The summed E-state index contributed by atoms with van der Waals surface area (Å²) in [5.41, 5.74) is 1.61. The third kappa shape index (κ3) is 3.74. The van der Waals surface area contributed by atoms with Crippen LogP contribution >= 0.6 is 0 Å². The Labute approximate surface area is 165 Å². The molecule has 3 heteroatoms. The molecule has 2 unspecified atom stereocenters. The largest absolute Gasteiger partial charge is 0.450 e. The van der Waals surface area contributed by atoms with E-state index in [0.29, 0.717) is 18.4 Å². The minimum atomic E-state index is -1.09. The summed E-state index contributed by atoms with van der Waals surface area (Å²) in [5, 5.41) is 0. The number of hydrogen-bond donors (Lipinski definition) is 0. The van der Waals surface area contributed by atoms with Gasteiger partial charge in [-0.2, -0.15) is 0 Å². The van der Waals surface area contributed by atoms with Crippen molar-refractivity contribution in [3.63, 3.8) is 0 Å². The minimum Gasteiger partial charge on any atom is -0.450 e. The number of ketones is 1. The van der Waals surface area contributed by atoms with E-state index in [0.717, 1.165) is 11.1 Å². The maximum atomic E-state index is 13.2. The number of benzene rings is 3. The SMILES string of the molecule is O=C(CCc1ccccc1)OC1(C(=O)c2ccccc2)CC1c1ccccc1. The highest BCUT2D eigenvalue weighted by atomic mass is 16.6. The molecule has 0 N–H and O–H groups in total. The van der Waals surface area contributed by atoms with E-state index in [-0.39, 0.29) is 24.1 Å². The number of aryl methyl sites for hydroxylation is 1. The molecule has 140 valence electrons. The van der Waals surface area contributed by atoms with Gasteiger partial charge < -0.3 is 4.74 Å². The molecule has 1 aliphatic carbocycles. The first-order valence-corrected chi connectivity index (χ1v) is 9.59. The lowest BCUT2D eigenvalue weighted by molar-refractivity contribution is -0.148. The van der Waals surface area contributed by atoms with E-state index in [1.807, 2.05) is 78.9 Å². The molecule has 0 saturated heterocycles. The number of hydrogen-bond acceptors (Lipinski definition) is 3. The Kier molecular flexibility index (Phi) is 5.07. The lowest BCUT2D eigenvalue weighted by Crippen LogP contribution is -2.31. The molecule has 2 atom stereocenters. The molecule has 0 aromatic heterocycles. The maximum Gasteiger partial charge on any atom is 0.307 e. The van der Waals surface area contributed by atoms with Gasteiger partial charge in [0.05, 0.1) is 0 Å². The standard InChI is InChI=1S/C25H22O3/c26-23(17-16-19-10-4-1-5-11-19)28-25(24(27)21-14-8-3-9-15-21)18-22(25)20-12-6-2-7-13-20/h1-15,22H,16-18H2. The van der Waals surface area contributed by atoms with Gasteiger partial charge >= 0.3 is 5.97 Å². The van der Waals surface area contributed by atoms with Crippen LogP contribution in [0.25, 0.3) is 0 Å². The van der Waals surface area contributed by atoms with E-state index in [1.54, 1.807) is 12.1 Å². The van der Waals surface area contributed by atoms with Gasteiger partial charge in [-0.3, -0.25) is 9.59 Å². The second-order valence-electron chi connectivity index (χ2n) is 7.21. The van der Waals surface area contributed by atoms with E-state index < -0.39 is 5.60 Å². The van der Waals surface area contributed by atoms with Crippen molar-refractivity contribution in [2.45, 2.75) is 30.8 Å². The Bertz CT molecular complexity index is 951. The molecule has 4 rings (SSSR count). The Morgan fingerprint density at radius 1 is 0.821 bits per heavy atom. The number of ether oxygens (including phenoxy) is 1. The zero-order valence-corrected chi connectivity index (χ0v) is 15.6. The van der Waals surface area contributed by atoms with Crippen LogP contribution in [0, 0.1) is 0 Å². The minimum absolute atomic E-state index is 0.0953. The van der Waals surface area contributed by atoms with Crippen LogP contribution in [0.3, 0.4) is 0 Å². The van der Waals surface area contributed by atoms with Crippen LogP contribution in [0.2, 0.25) is 0 Å². The van der Waals surface area contributed by atoms with Gasteiger partial charge in [0.15, 0.2) is 5.60 Å². The van der Waals surface area contributed by atoms with Crippen molar-refractivity contribution in [1.29, 1.82) is 0 Å². The lowest BCUT2D eigenvalue weighted by Gasteiger charge is -2.18. The molecule has 0 spiro atoms. The summed E-state index contributed by atoms with van der Waals surface area (Å²) < 4.78 is 5.87. The van der Waals surface area contributed by atoms with Crippen LogP contribution in [0.1, 0.15) is 40.2 Å². The van der Waals surface area contributed by atoms with Crippen LogP contribution in [-0.4, -0.2) is 17.4 Å². The van der Waals surface area contributed by atoms with Crippen molar-refractivity contribution in [2.75, 3.05) is 0 Å². The number of carbonyl (C=O) groups is 2. The van der Waals surface area contributed by atoms with E-state index in [2.05, 4.69) is 0 Å². The first kappa shape index (κ1) is 18.2. The van der Waals surface area contributed by atoms with Gasteiger partial charge in [0.25, 0.3) is 0 Å². The van der Waals surface area contributed by atoms with Crippen LogP contribution < -0.4 is 0 Å². The van der Waals surface area contributed by atoms with Crippen LogP contribution in [0.5, 0.6) is 0 Å². The quantitative estimate of drug-likeness (QED) is 0.435. The highest BCUT2D eigenvalue weighted by Crippen LogP contribution is 2.56. The van der Waals surface area contributed by atoms with Gasteiger partial charge in [0.2, 0.25) is 5.78 Å². The summed E-state index contributed by atoms with van der Waals surface area (Å²) in [4.78, 5) is 25.9. The third-order valence-corrected chi connectivity index (χ3v) is 5.29. The zero-order chi connectivity index (χ0) is 19.4. The molecular formula is C25H22O3. The Morgan fingerprint density at radius 3 is 2.04 bits per heavy atom. The maximum absolute atomic E-state index is 13.2. The molecule has 28 heavy (non-hydrogen) atoms.